The van der Waals surface area contributed by atoms with Crippen LogP contribution in [0.1, 0.15) is 252 Å². The first kappa shape index (κ1) is 63.7. The first-order valence-electron chi connectivity index (χ1n) is 26.9. The van der Waals surface area contributed by atoms with Crippen LogP contribution in [-0.4, -0.2) is 66.5 Å². The number of aliphatic hydroxyl groups is 1. The number of ether oxygens (including phenoxy) is 3. The van der Waals surface area contributed by atoms with Gasteiger partial charge in [-0.2, -0.15) is 0 Å². The van der Waals surface area contributed by atoms with Gasteiger partial charge in [0.15, 0.2) is 6.10 Å². The quantitative estimate of drug-likeness (QED) is 0.0197. The summed E-state index contributed by atoms with van der Waals surface area (Å²) in [4.78, 5) is 48.3. The van der Waals surface area contributed by atoms with Gasteiger partial charge in [-0.1, -0.05) is 179 Å². The minimum Gasteiger partial charge on any atom is -0.462 e. The average molecular weight is 955 g/mol. The Kier molecular flexibility index (Phi) is 47.4. The van der Waals surface area contributed by atoms with E-state index < -0.39 is 57.8 Å². The van der Waals surface area contributed by atoms with E-state index in [1.807, 2.05) is 0 Å². The van der Waals surface area contributed by atoms with Crippen molar-refractivity contribution in [2.45, 2.75) is 264 Å². The predicted molar refractivity (Wildman–Crippen MR) is 270 cm³/mol. The maximum atomic E-state index is 12.8. The molecule has 0 fully saturated rings. The highest BCUT2D eigenvalue weighted by Crippen LogP contribution is 2.43. The zero-order valence-electron chi connectivity index (χ0n) is 42.4. The fourth-order valence-electron chi connectivity index (χ4n) is 7.33. The summed E-state index contributed by atoms with van der Waals surface area (Å²) in [6, 6.07) is 0. The van der Waals surface area contributed by atoms with Crippen LogP contribution in [0.2, 0.25) is 0 Å². The van der Waals surface area contributed by atoms with E-state index in [4.69, 9.17) is 23.3 Å². The van der Waals surface area contributed by atoms with Gasteiger partial charge in [0.1, 0.15) is 12.7 Å². The van der Waals surface area contributed by atoms with Crippen molar-refractivity contribution in [3.05, 3.63) is 36.5 Å². The maximum Gasteiger partial charge on any atom is 0.472 e. The molecule has 0 heterocycles. The molecule has 0 amide bonds. The lowest BCUT2D eigenvalue weighted by Gasteiger charge is -2.21. The molecule has 3 unspecified atom stereocenters. The van der Waals surface area contributed by atoms with Crippen LogP contribution in [0.4, 0.5) is 0 Å². The number of carbonyl (C=O) groups is 3. The minimum atomic E-state index is -4.74. The Morgan fingerprint density at radius 2 is 0.712 bits per heavy atom. The number of hydrogen-bond donors (Lipinski definition) is 2. The summed E-state index contributed by atoms with van der Waals surface area (Å²) in [6.45, 7) is 4.56. The van der Waals surface area contributed by atoms with Crippen LogP contribution in [0.15, 0.2) is 36.5 Å². The maximum absolute atomic E-state index is 12.8. The van der Waals surface area contributed by atoms with E-state index in [-0.39, 0.29) is 25.9 Å². The average Bonchev–Trinajstić information content (AvgIpc) is 3.30. The van der Waals surface area contributed by atoms with Gasteiger partial charge in [-0.3, -0.25) is 23.4 Å². The molecule has 0 aliphatic rings. The lowest BCUT2D eigenvalue weighted by atomic mass is 10.1. The summed E-state index contributed by atoms with van der Waals surface area (Å²) < 4.78 is 39.3. The van der Waals surface area contributed by atoms with Crippen molar-refractivity contribution in [1.29, 1.82) is 0 Å². The number of allylic oxidation sites excluding steroid dienone is 6. The fourth-order valence-corrected chi connectivity index (χ4v) is 8.11. The molecule has 0 saturated heterocycles. The number of esters is 3. The molecule has 386 valence electrons. The zero-order chi connectivity index (χ0) is 48.4. The second kappa shape index (κ2) is 49.1. The summed E-state index contributed by atoms with van der Waals surface area (Å²) in [6.07, 6.45) is 48.2. The largest absolute Gasteiger partial charge is 0.472 e. The Bertz CT molecular complexity index is 1250. The Morgan fingerprint density at radius 3 is 1.11 bits per heavy atom. The highest BCUT2D eigenvalue weighted by Gasteiger charge is 2.28. The molecule has 0 aliphatic heterocycles. The predicted octanol–water partition coefficient (Wildman–Crippen LogP) is 15.3. The Balaban J connectivity index is 4.75. The number of rotatable bonds is 50. The topological polar surface area (TPSA) is 155 Å². The molecule has 11 nitrogen and oxygen atoms in total. The second-order valence-electron chi connectivity index (χ2n) is 18.0. The van der Waals surface area contributed by atoms with Gasteiger partial charge in [0.25, 0.3) is 0 Å². The summed E-state index contributed by atoms with van der Waals surface area (Å²) in [7, 11) is -4.74. The second-order valence-corrected chi connectivity index (χ2v) is 19.5. The van der Waals surface area contributed by atoms with Gasteiger partial charge < -0.3 is 24.2 Å². The summed E-state index contributed by atoms with van der Waals surface area (Å²) in [5, 5.41) is 9.76. The molecular formula is C54H99O11P. The first-order chi connectivity index (χ1) is 32.2. The molecule has 66 heavy (non-hydrogen) atoms. The van der Waals surface area contributed by atoms with Gasteiger partial charge >= 0.3 is 25.7 Å². The van der Waals surface area contributed by atoms with Gasteiger partial charge in [-0.15, -0.1) is 0 Å². The van der Waals surface area contributed by atoms with Crippen molar-refractivity contribution in [3.8, 4) is 0 Å². The molecule has 2 N–H and O–H groups in total. The number of phosphoric ester groups is 1. The third-order valence-electron chi connectivity index (χ3n) is 11.5. The molecule has 3 atom stereocenters. The van der Waals surface area contributed by atoms with E-state index in [2.05, 4.69) is 57.2 Å². The van der Waals surface area contributed by atoms with Crippen molar-refractivity contribution in [2.75, 3.05) is 26.4 Å². The molecule has 12 heteroatoms. The Labute approximate surface area is 403 Å². The number of aliphatic hydroxyl groups excluding tert-OH is 1. The molecule has 0 spiro atoms. The standard InChI is InChI=1S/C54H99O11P/c1-4-7-10-13-16-19-22-24-25-27-29-31-34-37-40-43-52(56)61-47-51(65-54(58)45-42-39-36-33-30-26-23-20-17-14-11-8-5-2)49-63-66(59,60)62-48-50(46-55)64-53(57)44-41-38-35-32-28-21-18-15-12-9-6-3/h15,18,20,23-25,50-51,55H,4-14,16-17,19,21-22,26-49H2,1-3H3,(H,59,60)/b18-15-,23-20-,25-24-. The lowest BCUT2D eigenvalue weighted by molar-refractivity contribution is -0.161. The molecule has 0 rings (SSSR count). The van der Waals surface area contributed by atoms with Crippen LogP contribution in [0, 0.1) is 0 Å². The van der Waals surface area contributed by atoms with Crippen molar-refractivity contribution in [1.82, 2.24) is 0 Å². The molecule has 0 aliphatic carbocycles. The highest BCUT2D eigenvalue weighted by atomic mass is 31.2. The first-order valence-corrected chi connectivity index (χ1v) is 28.4. The molecule has 0 aromatic heterocycles. The molecule has 0 bridgehead atoms. The van der Waals surface area contributed by atoms with Crippen molar-refractivity contribution in [3.63, 3.8) is 0 Å². The van der Waals surface area contributed by atoms with E-state index in [9.17, 15) is 28.9 Å². The number of phosphoric acid groups is 1. The monoisotopic (exact) mass is 955 g/mol. The van der Waals surface area contributed by atoms with Gasteiger partial charge in [0.05, 0.1) is 19.8 Å². The summed E-state index contributed by atoms with van der Waals surface area (Å²) >= 11 is 0. The van der Waals surface area contributed by atoms with Gasteiger partial charge in [0, 0.05) is 19.3 Å². The highest BCUT2D eigenvalue weighted by molar-refractivity contribution is 7.47. The Hall–Kier alpha value is -2.30. The van der Waals surface area contributed by atoms with Crippen molar-refractivity contribution < 1.29 is 52.2 Å². The van der Waals surface area contributed by atoms with Crippen LogP contribution < -0.4 is 0 Å². The number of hydrogen-bond acceptors (Lipinski definition) is 10. The summed E-state index contributed by atoms with van der Waals surface area (Å²) in [5.74, 6) is -1.48. The molecule has 0 aromatic rings. The Morgan fingerprint density at radius 1 is 0.409 bits per heavy atom. The zero-order valence-corrected chi connectivity index (χ0v) is 43.3. The SMILES string of the molecule is CCCC/C=C\CCCCCCCC(=O)OC(CO)COP(=O)(O)OCC(COC(=O)CCCCCCC/C=C\CCCCCCCC)OC(=O)CCCCCCC/C=C\CCCCCC. The molecular weight excluding hydrogens is 856 g/mol. The van der Waals surface area contributed by atoms with E-state index in [0.29, 0.717) is 19.3 Å². The fraction of sp³-hybridized carbons (Fsp3) is 0.833. The number of unbranched alkanes of at least 4 members (excludes halogenated alkanes) is 27. The van der Waals surface area contributed by atoms with E-state index in [1.54, 1.807) is 0 Å². The van der Waals surface area contributed by atoms with E-state index >= 15 is 0 Å². The minimum absolute atomic E-state index is 0.157. The van der Waals surface area contributed by atoms with Gasteiger partial charge in [-0.25, -0.2) is 4.57 Å². The van der Waals surface area contributed by atoms with Gasteiger partial charge in [-0.05, 0) is 89.9 Å². The van der Waals surface area contributed by atoms with Crippen LogP contribution in [0.5, 0.6) is 0 Å². The molecule has 0 saturated carbocycles. The van der Waals surface area contributed by atoms with Crippen molar-refractivity contribution in [2.24, 2.45) is 0 Å². The van der Waals surface area contributed by atoms with Crippen LogP contribution in [-0.2, 0) is 42.2 Å². The van der Waals surface area contributed by atoms with Crippen LogP contribution in [0.3, 0.4) is 0 Å². The third-order valence-corrected chi connectivity index (χ3v) is 12.5. The smallest absolute Gasteiger partial charge is 0.462 e. The van der Waals surface area contributed by atoms with Crippen LogP contribution in [0.25, 0.3) is 0 Å². The van der Waals surface area contributed by atoms with E-state index in [0.717, 1.165) is 116 Å². The molecule has 0 radical (unpaired) electrons. The summed E-state index contributed by atoms with van der Waals surface area (Å²) in [5.41, 5.74) is 0. The van der Waals surface area contributed by atoms with Gasteiger partial charge in [0.2, 0.25) is 0 Å². The normalized spacial score (nSPS) is 13.7. The molecule has 0 aromatic carbocycles. The lowest BCUT2D eigenvalue weighted by Crippen LogP contribution is -2.30. The van der Waals surface area contributed by atoms with E-state index in [1.165, 1.54) is 77.0 Å². The third kappa shape index (κ3) is 46.8. The van der Waals surface area contributed by atoms with Crippen molar-refractivity contribution >= 4 is 25.7 Å². The number of carbonyl (C=O) groups excluding carboxylic acids is 3. The van der Waals surface area contributed by atoms with Crippen LogP contribution >= 0.6 is 7.82 Å².